The summed E-state index contributed by atoms with van der Waals surface area (Å²) in [5.74, 6) is 0. The van der Waals surface area contributed by atoms with E-state index in [2.05, 4.69) is 120 Å². The molecule has 0 radical (unpaired) electrons. The Bertz CT molecular complexity index is 2370. The minimum Gasteiger partial charge on any atom is -0.456 e. The standard InChI is InChI=1S/C35H20N2O2.C2H4/c1-3-8-29-24(6-1)25-7-2-4-9-30(25)37(29)23-13-16-32-27(20-23)26-18-21(11-14-31(26)38-32)22-12-15-33-28(19-22)35-34(39-33)10-5-17-36-35;1-2/h1-20H;1-2H2. The van der Waals surface area contributed by atoms with Gasteiger partial charge in [0.2, 0.25) is 0 Å². The predicted molar refractivity (Wildman–Crippen MR) is 170 cm³/mol. The Morgan fingerprint density at radius 3 is 1.76 bits per heavy atom. The van der Waals surface area contributed by atoms with E-state index in [1.54, 1.807) is 0 Å². The molecule has 0 N–H and O–H groups in total. The first-order valence-electron chi connectivity index (χ1n) is 13.5. The molecule has 9 rings (SSSR count). The number of benzene rings is 5. The van der Waals surface area contributed by atoms with Crippen molar-refractivity contribution in [1.29, 1.82) is 0 Å². The summed E-state index contributed by atoms with van der Waals surface area (Å²) >= 11 is 0. The number of para-hydroxylation sites is 2. The van der Waals surface area contributed by atoms with Gasteiger partial charge in [-0.3, -0.25) is 4.98 Å². The topological polar surface area (TPSA) is 44.1 Å². The van der Waals surface area contributed by atoms with E-state index < -0.39 is 0 Å². The van der Waals surface area contributed by atoms with E-state index in [9.17, 15) is 0 Å². The summed E-state index contributed by atoms with van der Waals surface area (Å²) in [6.45, 7) is 6.00. The van der Waals surface area contributed by atoms with E-state index in [-0.39, 0.29) is 0 Å². The largest absolute Gasteiger partial charge is 0.456 e. The van der Waals surface area contributed by atoms with Gasteiger partial charge in [0.1, 0.15) is 22.3 Å². The number of fused-ring (bicyclic) bond motifs is 9. The zero-order chi connectivity index (χ0) is 27.5. The minimum absolute atomic E-state index is 0.804. The Morgan fingerprint density at radius 2 is 1.05 bits per heavy atom. The smallest absolute Gasteiger partial charge is 0.153 e. The predicted octanol–water partition coefficient (Wildman–Crippen LogP) is 10.4. The van der Waals surface area contributed by atoms with Crippen LogP contribution in [0.1, 0.15) is 0 Å². The Hall–Kier alpha value is -5.61. The molecule has 4 heterocycles. The molecule has 0 fully saturated rings. The van der Waals surface area contributed by atoms with E-state index >= 15 is 0 Å². The molecule has 0 spiro atoms. The summed E-state index contributed by atoms with van der Waals surface area (Å²) in [5.41, 5.74) is 10.0. The van der Waals surface area contributed by atoms with Crippen LogP contribution < -0.4 is 0 Å². The lowest BCUT2D eigenvalue weighted by atomic mass is 10.0. The van der Waals surface area contributed by atoms with Crippen LogP contribution >= 0.6 is 0 Å². The average Bonchev–Trinajstić information content (AvgIpc) is 3.70. The van der Waals surface area contributed by atoms with Crippen LogP contribution in [0.2, 0.25) is 0 Å². The normalized spacial score (nSPS) is 11.6. The number of furan rings is 2. The van der Waals surface area contributed by atoms with Gasteiger partial charge in [0.25, 0.3) is 0 Å². The number of hydrogen-bond donors (Lipinski definition) is 0. The van der Waals surface area contributed by atoms with Gasteiger partial charge >= 0.3 is 0 Å². The van der Waals surface area contributed by atoms with Crippen molar-refractivity contribution < 1.29 is 8.83 Å². The molecule has 194 valence electrons. The number of nitrogens with zero attached hydrogens (tertiary/aromatic N) is 2. The number of aromatic nitrogens is 2. The molecule has 5 aromatic carbocycles. The Labute approximate surface area is 235 Å². The highest BCUT2D eigenvalue weighted by molar-refractivity contribution is 6.11. The maximum atomic E-state index is 6.27. The van der Waals surface area contributed by atoms with Crippen molar-refractivity contribution in [2.75, 3.05) is 0 Å². The van der Waals surface area contributed by atoms with Gasteiger partial charge in [-0.2, -0.15) is 0 Å². The minimum atomic E-state index is 0.804. The fourth-order valence-electron chi connectivity index (χ4n) is 6.06. The van der Waals surface area contributed by atoms with Crippen molar-refractivity contribution in [2.45, 2.75) is 0 Å². The van der Waals surface area contributed by atoms with Gasteiger partial charge in [-0.1, -0.05) is 48.5 Å². The third-order valence-electron chi connectivity index (χ3n) is 7.85. The molecule has 4 heteroatoms. The van der Waals surface area contributed by atoms with Crippen LogP contribution in [0.15, 0.2) is 143 Å². The molecule has 0 saturated carbocycles. The van der Waals surface area contributed by atoms with Crippen LogP contribution in [0, 0.1) is 0 Å². The zero-order valence-corrected chi connectivity index (χ0v) is 22.2. The van der Waals surface area contributed by atoms with Crippen molar-refractivity contribution in [3.8, 4) is 16.8 Å². The number of rotatable bonds is 2. The fourth-order valence-corrected chi connectivity index (χ4v) is 6.06. The van der Waals surface area contributed by atoms with Crippen LogP contribution in [0.4, 0.5) is 0 Å². The summed E-state index contributed by atoms with van der Waals surface area (Å²) in [6, 6.07) is 40.3. The Morgan fingerprint density at radius 1 is 0.488 bits per heavy atom. The molecule has 0 atom stereocenters. The van der Waals surface area contributed by atoms with Crippen molar-refractivity contribution >= 4 is 65.8 Å². The first-order chi connectivity index (χ1) is 20.3. The molecule has 0 bridgehead atoms. The molecule has 0 unspecified atom stereocenters. The molecular formula is C37H24N2O2. The van der Waals surface area contributed by atoms with Gasteiger partial charge in [0.05, 0.1) is 11.0 Å². The van der Waals surface area contributed by atoms with E-state index in [4.69, 9.17) is 8.83 Å². The molecule has 4 nitrogen and oxygen atoms in total. The Kier molecular flexibility index (Phi) is 5.09. The highest BCUT2D eigenvalue weighted by Gasteiger charge is 2.15. The van der Waals surface area contributed by atoms with Gasteiger partial charge < -0.3 is 13.4 Å². The van der Waals surface area contributed by atoms with E-state index in [0.717, 1.165) is 60.8 Å². The van der Waals surface area contributed by atoms with Gasteiger partial charge in [0.15, 0.2) is 5.58 Å². The summed E-state index contributed by atoms with van der Waals surface area (Å²) in [7, 11) is 0. The summed E-state index contributed by atoms with van der Waals surface area (Å²) in [5, 5.41) is 5.73. The van der Waals surface area contributed by atoms with E-state index in [0.29, 0.717) is 0 Å². The van der Waals surface area contributed by atoms with Gasteiger partial charge in [-0.05, 0) is 77.9 Å². The van der Waals surface area contributed by atoms with Gasteiger partial charge in [-0.15, -0.1) is 13.2 Å². The highest BCUT2D eigenvalue weighted by Crippen LogP contribution is 2.38. The van der Waals surface area contributed by atoms with Gasteiger partial charge in [-0.25, -0.2) is 0 Å². The molecule has 0 amide bonds. The van der Waals surface area contributed by atoms with Crippen molar-refractivity contribution in [1.82, 2.24) is 9.55 Å². The molecule has 41 heavy (non-hydrogen) atoms. The summed E-state index contributed by atoms with van der Waals surface area (Å²) in [4.78, 5) is 4.55. The molecule has 9 aromatic rings. The fraction of sp³-hybridized carbons (Fsp3) is 0. The lowest BCUT2D eigenvalue weighted by molar-refractivity contribution is 0.668. The maximum absolute atomic E-state index is 6.27. The second-order valence-corrected chi connectivity index (χ2v) is 10.0. The third kappa shape index (κ3) is 3.44. The second-order valence-electron chi connectivity index (χ2n) is 10.0. The zero-order valence-electron chi connectivity index (χ0n) is 22.2. The SMILES string of the molecule is C=C.c1cnc2c(c1)oc1ccc(-c3ccc4oc5ccc(-n6c7ccccc7c7ccccc76)cc5c4c3)cc12. The second kappa shape index (κ2) is 8.97. The molecule has 4 aromatic heterocycles. The first kappa shape index (κ1) is 23.3. The Balaban J connectivity index is 0.00000125. The average molecular weight is 529 g/mol. The molecule has 0 aliphatic heterocycles. The van der Waals surface area contributed by atoms with Crippen LogP contribution in [0.25, 0.3) is 82.6 Å². The maximum Gasteiger partial charge on any atom is 0.153 e. The lowest BCUT2D eigenvalue weighted by Gasteiger charge is -2.08. The lowest BCUT2D eigenvalue weighted by Crippen LogP contribution is -1.93. The molecule has 0 aliphatic carbocycles. The number of pyridine rings is 1. The van der Waals surface area contributed by atoms with Crippen LogP contribution in [0.5, 0.6) is 0 Å². The van der Waals surface area contributed by atoms with Crippen LogP contribution in [-0.2, 0) is 0 Å². The number of hydrogen-bond acceptors (Lipinski definition) is 3. The van der Waals surface area contributed by atoms with E-state index in [1.807, 2.05) is 24.4 Å². The quantitative estimate of drug-likeness (QED) is 0.210. The third-order valence-corrected chi connectivity index (χ3v) is 7.85. The van der Waals surface area contributed by atoms with Gasteiger partial charge in [0, 0.05) is 38.8 Å². The van der Waals surface area contributed by atoms with Crippen LogP contribution in [0.3, 0.4) is 0 Å². The molecule has 0 aliphatic rings. The highest BCUT2D eigenvalue weighted by atomic mass is 16.3. The molecular weight excluding hydrogens is 504 g/mol. The van der Waals surface area contributed by atoms with Crippen molar-refractivity contribution in [2.24, 2.45) is 0 Å². The first-order valence-corrected chi connectivity index (χ1v) is 13.5. The van der Waals surface area contributed by atoms with Crippen molar-refractivity contribution in [3.05, 3.63) is 135 Å². The summed E-state index contributed by atoms with van der Waals surface area (Å²) in [6.07, 6.45) is 1.81. The van der Waals surface area contributed by atoms with Crippen molar-refractivity contribution in [3.63, 3.8) is 0 Å². The van der Waals surface area contributed by atoms with E-state index in [1.165, 1.54) is 21.8 Å². The summed E-state index contributed by atoms with van der Waals surface area (Å²) < 4.78 is 14.6. The van der Waals surface area contributed by atoms with Crippen LogP contribution in [-0.4, -0.2) is 9.55 Å². The monoisotopic (exact) mass is 528 g/mol. The molecule has 0 saturated heterocycles.